The normalized spacial score (nSPS) is 34.0. The number of fused-ring (bicyclic) bond motifs is 5. The molecule has 12 atom stereocenters. The number of amides is 1. The molecule has 1 amide bonds. The lowest BCUT2D eigenvalue weighted by Gasteiger charge is -2.67. The summed E-state index contributed by atoms with van der Waals surface area (Å²) >= 11 is 0. The van der Waals surface area contributed by atoms with Gasteiger partial charge < -0.3 is 43.0 Å². The van der Waals surface area contributed by atoms with E-state index in [0.29, 0.717) is 22.3 Å². The molecule has 15 heteroatoms. The first kappa shape index (κ1) is 49.0. The molecule has 0 aromatic heterocycles. The number of esters is 3. The summed E-state index contributed by atoms with van der Waals surface area (Å²) in [6.45, 7) is 15.1. The summed E-state index contributed by atoms with van der Waals surface area (Å²) in [5.74, 6) is -4.15. The van der Waals surface area contributed by atoms with Crippen LogP contribution in [-0.4, -0.2) is 114 Å². The number of aryl methyl sites for hydroxylation is 1. The number of ether oxygens (including phenoxy) is 8. The van der Waals surface area contributed by atoms with Gasteiger partial charge in [-0.25, -0.2) is 14.4 Å². The van der Waals surface area contributed by atoms with Gasteiger partial charge in [0.2, 0.25) is 0 Å². The maximum atomic E-state index is 15.8. The molecule has 2 bridgehead atoms. The predicted molar refractivity (Wildman–Crippen MR) is 245 cm³/mol. The van der Waals surface area contributed by atoms with Gasteiger partial charge in [0.05, 0.1) is 29.6 Å². The van der Waals surface area contributed by atoms with Crippen LogP contribution >= 0.6 is 0 Å². The largest absolute Gasteiger partial charge is 0.456 e. The summed E-state index contributed by atoms with van der Waals surface area (Å²) in [6.07, 6.45) is -9.52. The highest BCUT2D eigenvalue weighted by molar-refractivity contribution is 5.94. The van der Waals surface area contributed by atoms with Crippen LogP contribution in [0.1, 0.15) is 108 Å². The van der Waals surface area contributed by atoms with E-state index in [1.807, 2.05) is 37.3 Å². The summed E-state index contributed by atoms with van der Waals surface area (Å²) in [7, 11) is 2.85. The van der Waals surface area contributed by atoms with Crippen molar-refractivity contribution in [1.29, 1.82) is 0 Å². The number of aliphatic hydroxyl groups is 1. The third-order valence-corrected chi connectivity index (χ3v) is 15.1. The van der Waals surface area contributed by atoms with Crippen LogP contribution in [0, 0.1) is 23.7 Å². The lowest BCUT2D eigenvalue weighted by atomic mass is 9.44. The van der Waals surface area contributed by atoms with Crippen LogP contribution in [0.5, 0.6) is 0 Å². The molecular weight excluding hydrogens is 875 g/mol. The second kappa shape index (κ2) is 17.8. The van der Waals surface area contributed by atoms with Crippen LogP contribution < -0.4 is 0 Å². The van der Waals surface area contributed by atoms with Crippen LogP contribution in [0.2, 0.25) is 0 Å². The highest BCUT2D eigenvalue weighted by Crippen LogP contribution is 2.65. The number of carbonyl (C=O) groups is 5. The van der Waals surface area contributed by atoms with Crippen molar-refractivity contribution in [3.05, 3.63) is 118 Å². The third kappa shape index (κ3) is 7.93. The SMILES string of the molecule is CO[C@H]1C(=O)[C@]2(C)[C@@H](OC)C[C@H]3OC[C@@]3(OC(C)=O)[C@H]2[C@H](OC(=O)c2ccccc2)[C@]2(O)C[C@H](OC(=O)[C@H]3O[C@@H](c4ccc(C)cc4)N(C(=O)OC(C)(C)C)[C@@H]3c3ccccc3)C(C)=C1C2(C)C. The summed E-state index contributed by atoms with van der Waals surface area (Å²) in [5.41, 5.74) is -4.81. The number of methoxy groups -OCH3 is 2. The number of ketones is 1. The lowest BCUT2D eigenvalue weighted by Crippen LogP contribution is -2.82. The minimum atomic E-state index is -2.20. The van der Waals surface area contributed by atoms with Gasteiger partial charge in [-0.05, 0) is 70.4 Å². The van der Waals surface area contributed by atoms with Gasteiger partial charge in [0.1, 0.15) is 41.7 Å². The Hall–Kier alpha value is -5.45. The molecule has 5 aliphatic rings. The van der Waals surface area contributed by atoms with E-state index in [-0.39, 0.29) is 25.0 Å². The second-order valence-electron chi connectivity index (χ2n) is 20.6. The molecule has 68 heavy (non-hydrogen) atoms. The van der Waals surface area contributed by atoms with Crippen LogP contribution in [0.3, 0.4) is 0 Å². The molecule has 2 aliphatic heterocycles. The zero-order chi connectivity index (χ0) is 49.3. The molecule has 4 fully saturated rings. The standard InChI is InChI=1S/C53H63NO14/c1-29-22-24-33(25-23-29)45-54(48(59)68-49(4,5)6)39(32-18-14-12-15-19-32)41(65-45)47(58)64-35-27-53(60)44(66-46(57)34-20-16-13-17-21-34)42-51(9,43(56)40(62-11)38(30(35)2)50(53,7)8)36(61-10)26-37-52(42,28-63-37)67-31(3)55/h12-25,35-37,39-42,44-45,60H,26-28H2,1-11H3/t35-,36-,37+,39+,40+,41-,42-,44-,45-,51+,52-,53+/m0/s1. The summed E-state index contributed by atoms with van der Waals surface area (Å²) < 4.78 is 50.5. The summed E-state index contributed by atoms with van der Waals surface area (Å²) in [6, 6.07) is 23.5. The Labute approximate surface area is 397 Å². The molecule has 15 nitrogen and oxygen atoms in total. The van der Waals surface area contributed by atoms with Gasteiger partial charge in [0.25, 0.3) is 0 Å². The Bertz CT molecular complexity index is 2470. The molecule has 3 aromatic rings. The van der Waals surface area contributed by atoms with Gasteiger partial charge in [-0.1, -0.05) is 92.2 Å². The Morgan fingerprint density at radius 2 is 1.47 bits per heavy atom. The van der Waals surface area contributed by atoms with Crippen molar-refractivity contribution >= 4 is 29.8 Å². The molecule has 3 aliphatic carbocycles. The number of rotatable bonds is 9. The van der Waals surface area contributed by atoms with Gasteiger partial charge in [0.15, 0.2) is 23.7 Å². The van der Waals surface area contributed by atoms with Gasteiger partial charge in [-0.3, -0.25) is 14.5 Å². The van der Waals surface area contributed by atoms with Crippen LogP contribution in [0.15, 0.2) is 96.1 Å². The monoisotopic (exact) mass is 937 g/mol. The summed E-state index contributed by atoms with van der Waals surface area (Å²) in [4.78, 5) is 74.6. The first-order valence-electron chi connectivity index (χ1n) is 23.1. The van der Waals surface area contributed by atoms with Crippen LogP contribution in [0.25, 0.3) is 0 Å². The van der Waals surface area contributed by atoms with E-state index in [0.717, 1.165) is 5.56 Å². The molecule has 0 spiro atoms. The lowest BCUT2D eigenvalue weighted by molar-refractivity contribution is -0.347. The Morgan fingerprint density at radius 3 is 2.03 bits per heavy atom. The van der Waals surface area contributed by atoms with E-state index in [9.17, 15) is 19.5 Å². The molecule has 3 aromatic carbocycles. The minimum Gasteiger partial charge on any atom is -0.456 e. The van der Waals surface area contributed by atoms with E-state index in [4.69, 9.17) is 37.9 Å². The molecule has 8 rings (SSSR count). The first-order chi connectivity index (χ1) is 32.0. The van der Waals surface area contributed by atoms with Crippen molar-refractivity contribution < 1.29 is 67.0 Å². The molecule has 0 unspecified atom stereocenters. The average molecular weight is 938 g/mol. The molecule has 1 N–H and O–H groups in total. The number of nitrogens with zero attached hydrogens (tertiary/aromatic N) is 1. The topological polar surface area (TPSA) is 183 Å². The van der Waals surface area contributed by atoms with Gasteiger partial charge in [-0.2, -0.15) is 0 Å². The van der Waals surface area contributed by atoms with E-state index < -0.39 is 112 Å². The molecule has 0 radical (unpaired) electrons. The predicted octanol–water partition coefficient (Wildman–Crippen LogP) is 7.33. The van der Waals surface area contributed by atoms with Crippen molar-refractivity contribution in [3.63, 3.8) is 0 Å². The number of hydrogen-bond donors (Lipinski definition) is 1. The Morgan fingerprint density at radius 1 is 0.838 bits per heavy atom. The number of benzene rings is 3. The molecule has 364 valence electrons. The van der Waals surface area contributed by atoms with Gasteiger partial charge >= 0.3 is 24.0 Å². The average Bonchev–Trinajstić information content (AvgIpc) is 3.69. The van der Waals surface area contributed by atoms with Crippen molar-refractivity contribution in [3.8, 4) is 0 Å². The first-order valence-corrected chi connectivity index (χ1v) is 23.1. The van der Waals surface area contributed by atoms with Crippen molar-refractivity contribution in [2.45, 2.75) is 141 Å². The highest BCUT2D eigenvalue weighted by Gasteiger charge is 2.78. The molecule has 2 saturated carbocycles. The van der Waals surface area contributed by atoms with Crippen molar-refractivity contribution in [2.75, 3.05) is 20.8 Å². The fraction of sp³-hybridized carbons (Fsp3) is 0.528. The van der Waals surface area contributed by atoms with Gasteiger partial charge in [0, 0.05) is 45.0 Å². The number of carbonyl (C=O) groups excluding carboxylic acids is 5. The molecule has 2 heterocycles. The quantitative estimate of drug-likeness (QED) is 0.128. The third-order valence-electron chi connectivity index (χ3n) is 15.1. The summed E-state index contributed by atoms with van der Waals surface area (Å²) in [5, 5.41) is 14.0. The maximum Gasteiger partial charge on any atom is 0.413 e. The Balaban J connectivity index is 1.29. The van der Waals surface area contributed by atoms with E-state index in [1.54, 1.807) is 103 Å². The minimum absolute atomic E-state index is 0.131. The van der Waals surface area contributed by atoms with E-state index >= 15 is 9.59 Å². The van der Waals surface area contributed by atoms with Crippen LogP contribution in [0.4, 0.5) is 4.79 Å². The van der Waals surface area contributed by atoms with Gasteiger partial charge in [-0.15, -0.1) is 0 Å². The highest BCUT2D eigenvalue weighted by atomic mass is 16.6. The smallest absolute Gasteiger partial charge is 0.413 e. The van der Waals surface area contributed by atoms with Crippen molar-refractivity contribution in [2.24, 2.45) is 16.7 Å². The number of hydrogen-bond acceptors (Lipinski definition) is 14. The zero-order valence-electron chi connectivity index (χ0n) is 40.6. The maximum absolute atomic E-state index is 15.8. The number of Topliss-reactive ketones (excluding diaryl/α,β-unsaturated/α-hetero) is 1. The fourth-order valence-corrected chi connectivity index (χ4v) is 11.7. The zero-order valence-corrected chi connectivity index (χ0v) is 40.6. The fourth-order valence-electron chi connectivity index (χ4n) is 11.7. The van der Waals surface area contributed by atoms with E-state index in [1.165, 1.54) is 26.0 Å². The van der Waals surface area contributed by atoms with Crippen LogP contribution in [-0.2, 0) is 52.3 Å². The molecule has 2 saturated heterocycles. The molecular formula is C53H63NO14. The van der Waals surface area contributed by atoms with Crippen molar-refractivity contribution in [1.82, 2.24) is 4.90 Å². The van der Waals surface area contributed by atoms with E-state index in [2.05, 4.69) is 0 Å². The second-order valence-corrected chi connectivity index (χ2v) is 20.6. The Kier molecular flexibility index (Phi) is 12.8.